The first-order valence-corrected chi connectivity index (χ1v) is 8.53. The number of nitrogens with zero attached hydrogens (tertiary/aromatic N) is 2. The molecular weight excluding hydrogens is 382 g/mol. The standard InChI is InChI=1S/C15H23N3O10/c16-7-1-2-18(15(25)17-7)13-11(24)12(6(4-20)26-13)28-14-10(23)9(22)8(21)5(3-19)27-14/h1-2,5-6,8-14,19-24H,3-4H2,(H2,16,17,25)/t5-,6-,8+,9+,10-,11+,12-,13-,14+/m1/s1. The van der Waals surface area contributed by atoms with Crippen molar-refractivity contribution in [3.05, 3.63) is 22.7 Å². The number of hydrogen-bond acceptors (Lipinski definition) is 12. The minimum absolute atomic E-state index is 0.0263. The van der Waals surface area contributed by atoms with Crippen LogP contribution in [0.3, 0.4) is 0 Å². The molecule has 0 aromatic carbocycles. The number of aromatic nitrogens is 2. The Labute approximate surface area is 158 Å². The molecular formula is C15H23N3O10. The Morgan fingerprint density at radius 1 is 1.04 bits per heavy atom. The van der Waals surface area contributed by atoms with Gasteiger partial charge in [-0.3, -0.25) is 4.57 Å². The first-order chi connectivity index (χ1) is 13.3. The minimum atomic E-state index is -1.70. The largest absolute Gasteiger partial charge is 0.394 e. The molecule has 2 fully saturated rings. The Kier molecular flexibility index (Phi) is 6.28. The molecule has 2 aliphatic heterocycles. The molecule has 2 aliphatic rings. The smallest absolute Gasteiger partial charge is 0.351 e. The van der Waals surface area contributed by atoms with Gasteiger partial charge in [-0.15, -0.1) is 0 Å². The van der Waals surface area contributed by atoms with E-state index in [0.29, 0.717) is 0 Å². The van der Waals surface area contributed by atoms with E-state index in [0.717, 1.165) is 4.57 Å². The quantitative estimate of drug-likeness (QED) is 0.246. The van der Waals surface area contributed by atoms with Gasteiger partial charge in [0.2, 0.25) is 0 Å². The van der Waals surface area contributed by atoms with E-state index in [1.54, 1.807) is 0 Å². The van der Waals surface area contributed by atoms with Gasteiger partial charge in [-0.1, -0.05) is 0 Å². The Balaban J connectivity index is 1.80. The molecule has 0 bridgehead atoms. The summed E-state index contributed by atoms with van der Waals surface area (Å²) in [6.45, 7) is -1.26. The zero-order valence-electron chi connectivity index (χ0n) is 14.6. The molecule has 0 amide bonds. The van der Waals surface area contributed by atoms with Crippen molar-refractivity contribution in [2.24, 2.45) is 0 Å². The van der Waals surface area contributed by atoms with Gasteiger partial charge in [0.1, 0.15) is 48.5 Å². The SMILES string of the molecule is Nc1ccn([C@@H]2O[C@H](CO)[C@@H](O[C@@H]3O[C@H](CO)[C@H](O)[C@H](O)[C@H]3O)[C@@H]2O)c(=O)n1. The molecule has 9 atom stereocenters. The van der Waals surface area contributed by atoms with Gasteiger partial charge >= 0.3 is 5.69 Å². The number of aliphatic hydroxyl groups excluding tert-OH is 6. The molecule has 2 saturated heterocycles. The van der Waals surface area contributed by atoms with Crippen molar-refractivity contribution in [2.45, 2.75) is 55.2 Å². The summed E-state index contributed by atoms with van der Waals surface area (Å²) in [4.78, 5) is 15.5. The van der Waals surface area contributed by atoms with E-state index in [2.05, 4.69) is 4.98 Å². The van der Waals surface area contributed by atoms with Crippen LogP contribution < -0.4 is 11.4 Å². The highest BCUT2D eigenvalue weighted by atomic mass is 16.7. The Bertz CT molecular complexity index is 730. The van der Waals surface area contributed by atoms with Crippen molar-refractivity contribution in [3.63, 3.8) is 0 Å². The summed E-state index contributed by atoms with van der Waals surface area (Å²) in [5, 5.41) is 59.1. The summed E-state index contributed by atoms with van der Waals surface area (Å²) in [6.07, 6.45) is -11.6. The molecule has 13 heteroatoms. The molecule has 158 valence electrons. The van der Waals surface area contributed by atoms with Crippen molar-refractivity contribution >= 4 is 5.82 Å². The first-order valence-electron chi connectivity index (χ1n) is 8.53. The van der Waals surface area contributed by atoms with Gasteiger partial charge in [0.15, 0.2) is 12.5 Å². The summed E-state index contributed by atoms with van der Waals surface area (Å²) in [6, 6.07) is 1.32. The van der Waals surface area contributed by atoms with Crippen molar-refractivity contribution in [3.8, 4) is 0 Å². The van der Waals surface area contributed by atoms with Gasteiger partial charge in [0.05, 0.1) is 13.2 Å². The number of hydrogen-bond donors (Lipinski definition) is 7. The Morgan fingerprint density at radius 2 is 1.71 bits per heavy atom. The first kappa shape index (κ1) is 21.0. The van der Waals surface area contributed by atoms with E-state index in [1.807, 2.05) is 0 Å². The van der Waals surface area contributed by atoms with E-state index in [9.17, 15) is 35.4 Å². The molecule has 28 heavy (non-hydrogen) atoms. The van der Waals surface area contributed by atoms with Gasteiger partial charge in [0, 0.05) is 6.20 Å². The van der Waals surface area contributed by atoms with Crippen LogP contribution in [0.2, 0.25) is 0 Å². The maximum absolute atomic E-state index is 12.0. The predicted octanol–water partition coefficient (Wildman–Crippen LogP) is -4.74. The van der Waals surface area contributed by atoms with Gasteiger partial charge in [-0.2, -0.15) is 4.98 Å². The van der Waals surface area contributed by atoms with E-state index in [4.69, 9.17) is 19.9 Å². The normalized spacial score (nSPS) is 41.3. The van der Waals surface area contributed by atoms with Crippen LogP contribution in [0.4, 0.5) is 5.82 Å². The van der Waals surface area contributed by atoms with Crippen LogP contribution in [0.15, 0.2) is 17.1 Å². The molecule has 0 radical (unpaired) electrons. The highest BCUT2D eigenvalue weighted by molar-refractivity contribution is 5.23. The van der Waals surface area contributed by atoms with Gasteiger partial charge < -0.3 is 50.6 Å². The van der Waals surface area contributed by atoms with E-state index in [-0.39, 0.29) is 5.82 Å². The number of ether oxygens (including phenoxy) is 3. The Hall–Kier alpha value is -1.68. The molecule has 8 N–H and O–H groups in total. The van der Waals surface area contributed by atoms with Crippen molar-refractivity contribution in [2.75, 3.05) is 18.9 Å². The fraction of sp³-hybridized carbons (Fsp3) is 0.733. The maximum Gasteiger partial charge on any atom is 0.351 e. The molecule has 1 aromatic heterocycles. The summed E-state index contributed by atoms with van der Waals surface area (Å²) >= 11 is 0. The summed E-state index contributed by atoms with van der Waals surface area (Å²) in [5.74, 6) is -0.0263. The van der Waals surface area contributed by atoms with Crippen LogP contribution in [0.25, 0.3) is 0 Å². The van der Waals surface area contributed by atoms with E-state index < -0.39 is 74.1 Å². The second kappa shape index (κ2) is 8.36. The van der Waals surface area contributed by atoms with Crippen molar-refractivity contribution < 1.29 is 44.8 Å². The zero-order valence-corrected chi connectivity index (χ0v) is 14.6. The van der Waals surface area contributed by atoms with Crippen LogP contribution in [-0.4, -0.2) is 102 Å². The molecule has 1 aromatic rings. The predicted molar refractivity (Wildman–Crippen MR) is 88.6 cm³/mol. The van der Waals surface area contributed by atoms with Crippen LogP contribution in [0.5, 0.6) is 0 Å². The minimum Gasteiger partial charge on any atom is -0.394 e. The molecule has 0 unspecified atom stereocenters. The molecule has 0 spiro atoms. The van der Waals surface area contributed by atoms with Gasteiger partial charge in [-0.25, -0.2) is 4.79 Å². The fourth-order valence-corrected chi connectivity index (χ4v) is 3.22. The van der Waals surface area contributed by atoms with Crippen LogP contribution in [-0.2, 0) is 14.2 Å². The average molecular weight is 405 g/mol. The number of nitrogen functional groups attached to an aromatic ring is 1. The van der Waals surface area contributed by atoms with Gasteiger partial charge in [0.25, 0.3) is 0 Å². The van der Waals surface area contributed by atoms with Gasteiger partial charge in [-0.05, 0) is 6.07 Å². The summed E-state index contributed by atoms with van der Waals surface area (Å²) < 4.78 is 17.2. The lowest BCUT2D eigenvalue weighted by atomic mass is 9.99. The Morgan fingerprint density at radius 3 is 2.32 bits per heavy atom. The molecule has 3 rings (SSSR count). The summed E-state index contributed by atoms with van der Waals surface area (Å²) in [7, 11) is 0. The monoisotopic (exact) mass is 405 g/mol. The van der Waals surface area contributed by atoms with E-state index >= 15 is 0 Å². The lowest BCUT2D eigenvalue weighted by Crippen LogP contribution is -2.60. The number of rotatable bonds is 5. The molecule has 0 saturated carbocycles. The zero-order chi connectivity index (χ0) is 20.6. The fourth-order valence-electron chi connectivity index (χ4n) is 3.22. The van der Waals surface area contributed by atoms with Crippen molar-refractivity contribution in [1.29, 1.82) is 0 Å². The highest BCUT2D eigenvalue weighted by Gasteiger charge is 2.50. The number of anilines is 1. The maximum atomic E-state index is 12.0. The average Bonchev–Trinajstić information content (AvgIpc) is 2.98. The van der Waals surface area contributed by atoms with E-state index in [1.165, 1.54) is 12.3 Å². The lowest BCUT2D eigenvalue weighted by molar-refractivity contribution is -0.318. The number of aliphatic hydroxyl groups is 6. The van der Waals surface area contributed by atoms with Crippen LogP contribution in [0, 0.1) is 0 Å². The third kappa shape index (κ3) is 3.76. The number of nitrogens with two attached hydrogens (primary N) is 1. The topological polar surface area (TPSA) is 210 Å². The second-order valence-corrected chi connectivity index (χ2v) is 6.58. The molecule has 13 nitrogen and oxygen atoms in total. The van der Waals surface area contributed by atoms with Crippen molar-refractivity contribution in [1.82, 2.24) is 9.55 Å². The highest BCUT2D eigenvalue weighted by Crippen LogP contribution is 2.33. The molecule has 0 aliphatic carbocycles. The van der Waals surface area contributed by atoms with Crippen LogP contribution in [0.1, 0.15) is 6.23 Å². The van der Waals surface area contributed by atoms with Crippen LogP contribution >= 0.6 is 0 Å². The third-order valence-electron chi connectivity index (χ3n) is 4.75. The third-order valence-corrected chi connectivity index (χ3v) is 4.75. The summed E-state index contributed by atoms with van der Waals surface area (Å²) in [5.41, 5.74) is 4.63. The second-order valence-electron chi connectivity index (χ2n) is 6.58. The molecule has 3 heterocycles. The lowest BCUT2D eigenvalue weighted by Gasteiger charge is -2.41.